The molecule has 1 aliphatic rings. The second-order valence-corrected chi connectivity index (χ2v) is 7.93. The number of methoxy groups -OCH3 is 1. The van der Waals surface area contributed by atoms with Gasteiger partial charge in [-0.15, -0.1) is 0 Å². The SMILES string of the molecule is COc1cccc(CCN2CCCCC2OC(c2ccccc2)c2ccccc2)c1. The van der Waals surface area contributed by atoms with Crippen molar-refractivity contribution in [3.8, 4) is 5.75 Å². The smallest absolute Gasteiger partial charge is 0.119 e. The molecule has 1 fully saturated rings. The molecular formula is C27H31NO2. The first-order chi connectivity index (χ1) is 14.8. The summed E-state index contributed by atoms with van der Waals surface area (Å²) in [5.74, 6) is 0.923. The van der Waals surface area contributed by atoms with Crippen molar-refractivity contribution < 1.29 is 9.47 Å². The molecule has 1 aliphatic heterocycles. The maximum Gasteiger partial charge on any atom is 0.119 e. The average molecular weight is 402 g/mol. The Balaban J connectivity index is 1.49. The number of likely N-dealkylation sites (tertiary alicyclic amines) is 1. The average Bonchev–Trinajstić information content (AvgIpc) is 2.83. The van der Waals surface area contributed by atoms with E-state index in [1.807, 2.05) is 6.07 Å². The molecule has 3 heteroatoms. The summed E-state index contributed by atoms with van der Waals surface area (Å²) in [6.45, 7) is 2.08. The van der Waals surface area contributed by atoms with Gasteiger partial charge in [-0.1, -0.05) is 72.8 Å². The van der Waals surface area contributed by atoms with Crippen LogP contribution in [0.15, 0.2) is 84.9 Å². The molecule has 3 nitrogen and oxygen atoms in total. The van der Waals surface area contributed by atoms with E-state index in [1.54, 1.807) is 7.11 Å². The molecule has 156 valence electrons. The van der Waals surface area contributed by atoms with Gasteiger partial charge in [0.1, 0.15) is 18.1 Å². The molecule has 0 radical (unpaired) electrons. The minimum Gasteiger partial charge on any atom is -0.497 e. The van der Waals surface area contributed by atoms with Crippen molar-refractivity contribution in [2.75, 3.05) is 20.2 Å². The molecule has 0 saturated carbocycles. The van der Waals surface area contributed by atoms with Crippen molar-refractivity contribution in [1.29, 1.82) is 0 Å². The van der Waals surface area contributed by atoms with Gasteiger partial charge in [-0.2, -0.15) is 0 Å². The van der Waals surface area contributed by atoms with Crippen LogP contribution in [0.25, 0.3) is 0 Å². The summed E-state index contributed by atoms with van der Waals surface area (Å²) >= 11 is 0. The molecule has 1 heterocycles. The molecule has 0 spiro atoms. The molecule has 3 aromatic carbocycles. The predicted molar refractivity (Wildman–Crippen MR) is 122 cm³/mol. The molecule has 4 rings (SSSR count). The Hall–Kier alpha value is -2.62. The molecule has 1 saturated heterocycles. The zero-order chi connectivity index (χ0) is 20.6. The summed E-state index contributed by atoms with van der Waals surface area (Å²) in [5.41, 5.74) is 3.73. The van der Waals surface area contributed by atoms with Gasteiger partial charge >= 0.3 is 0 Å². The highest BCUT2D eigenvalue weighted by Crippen LogP contribution is 2.31. The normalized spacial score (nSPS) is 17.2. The van der Waals surface area contributed by atoms with Crippen LogP contribution < -0.4 is 4.74 Å². The first-order valence-corrected chi connectivity index (χ1v) is 11.0. The van der Waals surface area contributed by atoms with Crippen molar-refractivity contribution in [2.45, 2.75) is 38.0 Å². The van der Waals surface area contributed by atoms with E-state index in [0.717, 1.165) is 31.7 Å². The van der Waals surface area contributed by atoms with Crippen LogP contribution in [0.3, 0.4) is 0 Å². The third-order valence-electron chi connectivity index (χ3n) is 5.87. The zero-order valence-electron chi connectivity index (χ0n) is 17.7. The molecule has 0 bridgehead atoms. The van der Waals surface area contributed by atoms with Crippen LogP contribution in [0.4, 0.5) is 0 Å². The first kappa shape index (κ1) is 20.6. The van der Waals surface area contributed by atoms with Crippen LogP contribution in [0.5, 0.6) is 5.75 Å². The topological polar surface area (TPSA) is 21.7 Å². The monoisotopic (exact) mass is 401 g/mol. The predicted octanol–water partition coefficient (Wildman–Crippen LogP) is 5.86. The minimum absolute atomic E-state index is 0.0465. The van der Waals surface area contributed by atoms with Gasteiger partial charge in [-0.25, -0.2) is 0 Å². The molecular weight excluding hydrogens is 370 g/mol. The lowest BCUT2D eigenvalue weighted by atomic mass is 10.0. The van der Waals surface area contributed by atoms with Crippen LogP contribution in [-0.4, -0.2) is 31.3 Å². The summed E-state index contributed by atoms with van der Waals surface area (Å²) in [7, 11) is 1.72. The molecule has 0 aromatic heterocycles. The summed E-state index contributed by atoms with van der Waals surface area (Å²) in [5, 5.41) is 0. The second-order valence-electron chi connectivity index (χ2n) is 7.93. The quantitative estimate of drug-likeness (QED) is 0.472. The Kier molecular flexibility index (Phi) is 7.17. The summed E-state index contributed by atoms with van der Waals surface area (Å²) in [6, 6.07) is 29.6. The number of rotatable bonds is 8. The standard InChI is InChI=1S/C27H31NO2/c1-29-25-16-10-11-22(21-25)18-20-28-19-9-8-17-26(28)30-27(23-12-4-2-5-13-23)24-14-6-3-7-15-24/h2-7,10-16,21,26-27H,8-9,17-20H2,1H3. The van der Waals surface area contributed by atoms with E-state index < -0.39 is 0 Å². The summed E-state index contributed by atoms with van der Waals surface area (Å²) < 4.78 is 12.2. The second kappa shape index (κ2) is 10.4. The van der Waals surface area contributed by atoms with E-state index in [0.29, 0.717) is 0 Å². The largest absolute Gasteiger partial charge is 0.497 e. The van der Waals surface area contributed by atoms with Gasteiger partial charge in [0, 0.05) is 13.1 Å². The molecule has 3 aromatic rings. The van der Waals surface area contributed by atoms with Gasteiger partial charge in [-0.05, 0) is 54.5 Å². The van der Waals surface area contributed by atoms with E-state index in [4.69, 9.17) is 9.47 Å². The highest BCUT2D eigenvalue weighted by Gasteiger charge is 2.27. The number of benzene rings is 3. The van der Waals surface area contributed by atoms with Crippen molar-refractivity contribution in [3.63, 3.8) is 0 Å². The van der Waals surface area contributed by atoms with Crippen molar-refractivity contribution in [1.82, 2.24) is 4.90 Å². The van der Waals surface area contributed by atoms with Crippen molar-refractivity contribution in [3.05, 3.63) is 102 Å². The summed E-state index contributed by atoms with van der Waals surface area (Å²) in [4.78, 5) is 2.52. The van der Waals surface area contributed by atoms with E-state index >= 15 is 0 Å². The van der Waals surface area contributed by atoms with E-state index in [-0.39, 0.29) is 12.3 Å². The fourth-order valence-corrected chi connectivity index (χ4v) is 4.23. The lowest BCUT2D eigenvalue weighted by molar-refractivity contribution is -0.105. The van der Waals surface area contributed by atoms with Crippen molar-refractivity contribution >= 4 is 0 Å². The Morgan fingerprint density at radius 2 is 1.57 bits per heavy atom. The third kappa shape index (κ3) is 5.29. The van der Waals surface area contributed by atoms with Gasteiger partial charge in [0.2, 0.25) is 0 Å². The number of nitrogens with zero attached hydrogens (tertiary/aromatic N) is 1. The number of ether oxygens (including phenoxy) is 2. The number of hydrogen-bond donors (Lipinski definition) is 0. The minimum atomic E-state index is -0.0465. The Labute approximate surface area is 180 Å². The molecule has 0 aliphatic carbocycles. The Bertz CT molecular complexity index is 858. The fourth-order valence-electron chi connectivity index (χ4n) is 4.23. The lowest BCUT2D eigenvalue weighted by Gasteiger charge is -2.38. The summed E-state index contributed by atoms with van der Waals surface area (Å²) in [6.07, 6.45) is 4.62. The molecule has 1 unspecified atom stereocenters. The maximum absolute atomic E-state index is 6.81. The van der Waals surface area contributed by atoms with E-state index in [1.165, 1.54) is 29.5 Å². The van der Waals surface area contributed by atoms with Crippen LogP contribution >= 0.6 is 0 Å². The highest BCUT2D eigenvalue weighted by atomic mass is 16.5. The lowest BCUT2D eigenvalue weighted by Crippen LogP contribution is -2.43. The van der Waals surface area contributed by atoms with Crippen LogP contribution in [-0.2, 0) is 11.2 Å². The Morgan fingerprint density at radius 1 is 0.867 bits per heavy atom. The van der Waals surface area contributed by atoms with Crippen LogP contribution in [0.2, 0.25) is 0 Å². The molecule has 0 amide bonds. The van der Waals surface area contributed by atoms with E-state index in [2.05, 4.69) is 83.8 Å². The third-order valence-corrected chi connectivity index (χ3v) is 5.87. The van der Waals surface area contributed by atoms with Gasteiger partial charge in [0.05, 0.1) is 7.11 Å². The van der Waals surface area contributed by atoms with E-state index in [9.17, 15) is 0 Å². The Morgan fingerprint density at radius 3 is 2.23 bits per heavy atom. The fraction of sp³-hybridized carbons (Fsp3) is 0.333. The highest BCUT2D eigenvalue weighted by molar-refractivity contribution is 5.30. The van der Waals surface area contributed by atoms with Gasteiger partial charge in [0.25, 0.3) is 0 Å². The number of hydrogen-bond acceptors (Lipinski definition) is 3. The zero-order valence-corrected chi connectivity index (χ0v) is 17.7. The van der Waals surface area contributed by atoms with Gasteiger partial charge in [0.15, 0.2) is 0 Å². The number of piperidine rings is 1. The van der Waals surface area contributed by atoms with Crippen LogP contribution in [0, 0.1) is 0 Å². The molecule has 30 heavy (non-hydrogen) atoms. The van der Waals surface area contributed by atoms with Crippen molar-refractivity contribution in [2.24, 2.45) is 0 Å². The van der Waals surface area contributed by atoms with Gasteiger partial charge < -0.3 is 9.47 Å². The van der Waals surface area contributed by atoms with Crippen LogP contribution in [0.1, 0.15) is 42.1 Å². The van der Waals surface area contributed by atoms with Gasteiger partial charge in [-0.3, -0.25) is 4.90 Å². The molecule has 0 N–H and O–H groups in total. The maximum atomic E-state index is 6.81. The first-order valence-electron chi connectivity index (χ1n) is 11.0. The molecule has 1 atom stereocenters.